The first-order valence-electron chi connectivity index (χ1n) is 5.16. The number of aliphatic hydroxyl groups excluding tert-OH is 1. The highest BCUT2D eigenvalue weighted by Crippen LogP contribution is 2.27. The Labute approximate surface area is 88.4 Å². The summed E-state index contributed by atoms with van der Waals surface area (Å²) in [5.74, 6) is 1.12. The van der Waals surface area contributed by atoms with E-state index in [-0.39, 0.29) is 12.4 Å². The average molecular weight is 209 g/mol. The van der Waals surface area contributed by atoms with Crippen molar-refractivity contribution in [3.8, 4) is 5.75 Å². The molecule has 1 fully saturated rings. The first-order valence-corrected chi connectivity index (χ1v) is 5.16. The van der Waals surface area contributed by atoms with Gasteiger partial charge in [0.1, 0.15) is 6.33 Å². The van der Waals surface area contributed by atoms with E-state index in [1.807, 2.05) is 4.90 Å². The molecule has 1 aliphatic heterocycles. The third kappa shape index (κ3) is 2.18. The van der Waals surface area contributed by atoms with Gasteiger partial charge in [0.25, 0.3) is 0 Å². The van der Waals surface area contributed by atoms with Gasteiger partial charge in [-0.2, -0.15) is 0 Å². The summed E-state index contributed by atoms with van der Waals surface area (Å²) in [5, 5.41) is 18.6. The van der Waals surface area contributed by atoms with Crippen LogP contribution in [0.25, 0.3) is 0 Å². The Hall–Kier alpha value is -1.36. The first-order chi connectivity index (χ1) is 7.31. The Balaban J connectivity index is 2.04. The number of aromatic hydroxyl groups is 1. The Morgan fingerprint density at radius 3 is 2.73 bits per heavy atom. The summed E-state index contributed by atoms with van der Waals surface area (Å²) in [5.41, 5.74) is 0. The first kappa shape index (κ1) is 10.2. The van der Waals surface area contributed by atoms with Crippen LogP contribution >= 0.6 is 0 Å². The highest BCUT2D eigenvalue weighted by molar-refractivity contribution is 5.49. The molecular weight excluding hydrogens is 194 g/mol. The van der Waals surface area contributed by atoms with E-state index in [1.165, 1.54) is 12.5 Å². The van der Waals surface area contributed by atoms with Crippen molar-refractivity contribution in [2.24, 2.45) is 5.92 Å². The highest BCUT2D eigenvalue weighted by atomic mass is 16.3. The highest BCUT2D eigenvalue weighted by Gasteiger charge is 2.21. The maximum absolute atomic E-state index is 9.57. The Morgan fingerprint density at radius 2 is 2.13 bits per heavy atom. The van der Waals surface area contributed by atoms with Crippen molar-refractivity contribution in [2.75, 3.05) is 24.6 Å². The fourth-order valence-corrected chi connectivity index (χ4v) is 1.89. The zero-order valence-corrected chi connectivity index (χ0v) is 8.50. The van der Waals surface area contributed by atoms with Crippen LogP contribution in [0.2, 0.25) is 0 Å². The fourth-order valence-electron chi connectivity index (χ4n) is 1.89. The molecule has 5 heteroatoms. The molecule has 0 saturated carbocycles. The molecule has 1 aromatic heterocycles. The van der Waals surface area contributed by atoms with Gasteiger partial charge in [-0.15, -0.1) is 0 Å². The molecule has 0 aromatic carbocycles. The van der Waals surface area contributed by atoms with Gasteiger partial charge in [-0.1, -0.05) is 0 Å². The third-order valence-electron chi connectivity index (χ3n) is 2.84. The van der Waals surface area contributed by atoms with Gasteiger partial charge in [0, 0.05) is 19.7 Å². The van der Waals surface area contributed by atoms with Crippen molar-refractivity contribution in [1.82, 2.24) is 9.97 Å². The number of hydrogen-bond donors (Lipinski definition) is 2. The van der Waals surface area contributed by atoms with Gasteiger partial charge in [-0.3, -0.25) is 0 Å². The molecule has 5 nitrogen and oxygen atoms in total. The molecule has 0 unspecified atom stereocenters. The molecule has 1 saturated heterocycles. The maximum Gasteiger partial charge on any atom is 0.177 e. The summed E-state index contributed by atoms with van der Waals surface area (Å²) in [6.07, 6.45) is 4.73. The van der Waals surface area contributed by atoms with Gasteiger partial charge in [-0.05, 0) is 18.8 Å². The molecular formula is C10H15N3O2. The van der Waals surface area contributed by atoms with Crippen LogP contribution in [0.1, 0.15) is 12.8 Å². The molecule has 0 aliphatic carbocycles. The number of piperidine rings is 1. The molecule has 0 atom stereocenters. The minimum Gasteiger partial charge on any atom is -0.503 e. The molecule has 0 spiro atoms. The van der Waals surface area contributed by atoms with Crippen molar-refractivity contribution >= 4 is 5.82 Å². The van der Waals surface area contributed by atoms with Crippen LogP contribution in [0, 0.1) is 5.92 Å². The van der Waals surface area contributed by atoms with E-state index in [1.54, 1.807) is 0 Å². The predicted octanol–water partition coefficient (Wildman–Crippen LogP) is 0.391. The molecule has 2 rings (SSSR count). The lowest BCUT2D eigenvalue weighted by molar-refractivity contribution is 0.202. The number of aliphatic hydroxyl groups is 1. The van der Waals surface area contributed by atoms with Gasteiger partial charge in [-0.25, -0.2) is 9.97 Å². The van der Waals surface area contributed by atoms with Crippen molar-refractivity contribution in [3.63, 3.8) is 0 Å². The number of aromatic nitrogens is 2. The molecule has 1 aliphatic rings. The predicted molar refractivity (Wildman–Crippen MR) is 55.7 cm³/mol. The van der Waals surface area contributed by atoms with Gasteiger partial charge < -0.3 is 15.1 Å². The average Bonchev–Trinajstić information content (AvgIpc) is 2.30. The standard InChI is InChI=1S/C10H15N3O2/c14-6-8-1-3-13(4-2-8)10-9(15)5-11-7-12-10/h5,7-8,14-15H,1-4,6H2. The Morgan fingerprint density at radius 1 is 1.40 bits per heavy atom. The molecule has 2 N–H and O–H groups in total. The summed E-state index contributed by atoms with van der Waals surface area (Å²) < 4.78 is 0. The summed E-state index contributed by atoms with van der Waals surface area (Å²) >= 11 is 0. The van der Waals surface area contributed by atoms with E-state index < -0.39 is 0 Å². The van der Waals surface area contributed by atoms with E-state index >= 15 is 0 Å². The van der Waals surface area contributed by atoms with E-state index in [2.05, 4.69) is 9.97 Å². The van der Waals surface area contributed by atoms with Crippen LogP contribution in [-0.4, -0.2) is 39.9 Å². The van der Waals surface area contributed by atoms with Crippen molar-refractivity contribution in [1.29, 1.82) is 0 Å². The van der Waals surface area contributed by atoms with Crippen LogP contribution in [0.4, 0.5) is 5.82 Å². The van der Waals surface area contributed by atoms with Crippen LogP contribution in [0.15, 0.2) is 12.5 Å². The molecule has 0 bridgehead atoms. The number of rotatable bonds is 2. The van der Waals surface area contributed by atoms with E-state index in [4.69, 9.17) is 5.11 Å². The lowest BCUT2D eigenvalue weighted by Gasteiger charge is -2.31. The molecule has 0 radical (unpaired) electrons. The largest absolute Gasteiger partial charge is 0.503 e. The van der Waals surface area contributed by atoms with E-state index in [0.29, 0.717) is 11.7 Å². The fraction of sp³-hybridized carbons (Fsp3) is 0.600. The molecule has 2 heterocycles. The second-order valence-electron chi connectivity index (χ2n) is 3.84. The minimum absolute atomic E-state index is 0.125. The van der Waals surface area contributed by atoms with Crippen LogP contribution in [-0.2, 0) is 0 Å². The quantitative estimate of drug-likeness (QED) is 0.737. The lowest BCUT2D eigenvalue weighted by Crippen LogP contribution is -2.35. The molecule has 1 aromatic rings. The molecule has 15 heavy (non-hydrogen) atoms. The van der Waals surface area contributed by atoms with Crippen LogP contribution < -0.4 is 4.90 Å². The minimum atomic E-state index is 0.125. The lowest BCUT2D eigenvalue weighted by atomic mass is 9.98. The second-order valence-corrected chi connectivity index (χ2v) is 3.84. The monoisotopic (exact) mass is 209 g/mol. The van der Waals surface area contributed by atoms with Gasteiger partial charge >= 0.3 is 0 Å². The SMILES string of the molecule is OCC1CCN(c2ncncc2O)CC1. The third-order valence-corrected chi connectivity index (χ3v) is 2.84. The second kappa shape index (κ2) is 4.44. The Kier molecular flexibility index (Phi) is 3.01. The van der Waals surface area contributed by atoms with Crippen molar-refractivity contribution in [3.05, 3.63) is 12.5 Å². The zero-order chi connectivity index (χ0) is 10.7. The van der Waals surface area contributed by atoms with Gasteiger partial charge in [0.2, 0.25) is 0 Å². The van der Waals surface area contributed by atoms with Crippen LogP contribution in [0.3, 0.4) is 0 Å². The summed E-state index contributed by atoms with van der Waals surface area (Å²) in [6, 6.07) is 0. The Bertz CT molecular complexity index is 324. The topological polar surface area (TPSA) is 69.5 Å². The molecule has 0 amide bonds. The van der Waals surface area contributed by atoms with E-state index in [9.17, 15) is 5.11 Å². The number of nitrogens with zero attached hydrogens (tertiary/aromatic N) is 3. The number of hydrogen-bond acceptors (Lipinski definition) is 5. The summed E-state index contributed by atoms with van der Waals surface area (Å²) in [7, 11) is 0. The summed E-state index contributed by atoms with van der Waals surface area (Å²) in [4.78, 5) is 9.83. The smallest absolute Gasteiger partial charge is 0.177 e. The maximum atomic E-state index is 9.57. The van der Waals surface area contributed by atoms with Gasteiger partial charge in [0.05, 0.1) is 6.20 Å². The number of anilines is 1. The normalized spacial score (nSPS) is 18.1. The molecule has 82 valence electrons. The van der Waals surface area contributed by atoms with Crippen LogP contribution in [0.5, 0.6) is 5.75 Å². The van der Waals surface area contributed by atoms with Crippen molar-refractivity contribution < 1.29 is 10.2 Å². The van der Waals surface area contributed by atoms with E-state index in [0.717, 1.165) is 25.9 Å². The van der Waals surface area contributed by atoms with Crippen molar-refractivity contribution in [2.45, 2.75) is 12.8 Å². The summed E-state index contributed by atoms with van der Waals surface area (Å²) in [6.45, 7) is 1.91. The zero-order valence-electron chi connectivity index (χ0n) is 8.50. The van der Waals surface area contributed by atoms with Gasteiger partial charge in [0.15, 0.2) is 11.6 Å².